The molecular weight excluding hydrogens is 322 g/mol. The highest BCUT2D eigenvalue weighted by Crippen LogP contribution is 2.39. The van der Waals surface area contributed by atoms with Crippen LogP contribution in [0.25, 0.3) is 10.8 Å². The molecule has 2 heterocycles. The third kappa shape index (κ3) is 3.34. The van der Waals surface area contributed by atoms with Crippen molar-refractivity contribution in [2.75, 3.05) is 6.54 Å². The monoisotopic (exact) mass is 341 g/mol. The fraction of sp³-hybridized carbons (Fsp3) is 0.467. The number of hydrogen-bond acceptors (Lipinski definition) is 5. The molecule has 1 unspecified atom stereocenters. The first-order chi connectivity index (χ1) is 10.0. The molecule has 0 aliphatic heterocycles. The highest BCUT2D eigenvalue weighted by atomic mass is 35.5. The minimum atomic E-state index is -0.331. The van der Waals surface area contributed by atoms with Crippen LogP contribution in [0.2, 0.25) is 0 Å². The summed E-state index contributed by atoms with van der Waals surface area (Å²) < 4.78 is 5.53. The van der Waals surface area contributed by atoms with Gasteiger partial charge in [-0.3, -0.25) is 4.79 Å². The Bertz CT molecular complexity index is 665. The second kappa shape index (κ2) is 6.40. The molecule has 1 saturated carbocycles. The van der Waals surface area contributed by atoms with Gasteiger partial charge < -0.3 is 15.5 Å². The van der Waals surface area contributed by atoms with Crippen molar-refractivity contribution >= 4 is 29.7 Å². The van der Waals surface area contributed by atoms with Gasteiger partial charge in [-0.1, -0.05) is 0 Å². The van der Waals surface area contributed by atoms with Gasteiger partial charge in [0.2, 0.25) is 0 Å². The highest BCUT2D eigenvalue weighted by molar-refractivity contribution is 7.13. The Morgan fingerprint density at radius 1 is 1.55 bits per heavy atom. The molecule has 120 valence electrons. The van der Waals surface area contributed by atoms with Crippen LogP contribution >= 0.6 is 23.7 Å². The maximum absolute atomic E-state index is 12.3. The maximum atomic E-state index is 12.3. The minimum absolute atomic E-state index is 0. The van der Waals surface area contributed by atoms with Crippen LogP contribution < -0.4 is 11.1 Å². The third-order valence-corrected chi connectivity index (χ3v) is 4.85. The molecule has 0 aromatic carbocycles. The topological polar surface area (TPSA) is 81.2 Å². The second-order valence-electron chi connectivity index (χ2n) is 5.80. The first-order valence-electron chi connectivity index (χ1n) is 7.07. The Hall–Kier alpha value is -1.37. The summed E-state index contributed by atoms with van der Waals surface area (Å²) in [4.78, 5) is 16.7. The predicted octanol–water partition coefficient (Wildman–Crippen LogP) is 2.99. The van der Waals surface area contributed by atoms with Gasteiger partial charge in [-0.05, 0) is 44.7 Å². The van der Waals surface area contributed by atoms with E-state index in [-0.39, 0.29) is 23.9 Å². The van der Waals surface area contributed by atoms with Gasteiger partial charge in [-0.25, -0.2) is 4.98 Å². The summed E-state index contributed by atoms with van der Waals surface area (Å²) in [6.07, 6.45) is 2.25. The summed E-state index contributed by atoms with van der Waals surface area (Å²) in [5.74, 6) is 1.84. The van der Waals surface area contributed by atoms with Gasteiger partial charge in [-0.2, -0.15) is 0 Å². The Labute approximate surface area is 139 Å². The van der Waals surface area contributed by atoms with Crippen molar-refractivity contribution in [1.29, 1.82) is 0 Å². The molecule has 0 saturated heterocycles. The van der Waals surface area contributed by atoms with Gasteiger partial charge in [0.05, 0.1) is 5.54 Å². The number of furan rings is 1. The van der Waals surface area contributed by atoms with Crippen molar-refractivity contribution in [1.82, 2.24) is 10.3 Å². The molecule has 5 nitrogen and oxygen atoms in total. The Balaban J connectivity index is 0.00000176. The number of rotatable bonds is 5. The lowest BCUT2D eigenvalue weighted by atomic mass is 9.96. The van der Waals surface area contributed by atoms with Crippen LogP contribution in [0.15, 0.2) is 21.9 Å². The van der Waals surface area contributed by atoms with Gasteiger partial charge in [0.1, 0.15) is 11.5 Å². The second-order valence-corrected chi connectivity index (χ2v) is 6.66. The largest absolute Gasteiger partial charge is 0.459 e. The zero-order chi connectivity index (χ0) is 15.0. The quantitative estimate of drug-likeness (QED) is 0.876. The normalized spacial score (nSPS) is 16.7. The average molecular weight is 342 g/mol. The van der Waals surface area contributed by atoms with Gasteiger partial charge in [0.15, 0.2) is 10.8 Å². The highest BCUT2D eigenvalue weighted by Gasteiger charge is 2.41. The van der Waals surface area contributed by atoms with Crippen molar-refractivity contribution in [2.45, 2.75) is 32.2 Å². The van der Waals surface area contributed by atoms with Crippen LogP contribution in [0.1, 0.15) is 36.0 Å². The molecule has 3 rings (SSSR count). The molecule has 0 radical (unpaired) electrons. The molecule has 22 heavy (non-hydrogen) atoms. The lowest BCUT2D eigenvalue weighted by Gasteiger charge is -2.29. The van der Waals surface area contributed by atoms with Crippen LogP contribution in [0, 0.1) is 12.8 Å². The molecule has 7 heteroatoms. The van der Waals surface area contributed by atoms with Crippen LogP contribution in [-0.4, -0.2) is 23.0 Å². The van der Waals surface area contributed by atoms with E-state index in [4.69, 9.17) is 10.2 Å². The summed E-state index contributed by atoms with van der Waals surface area (Å²) in [5, 5.41) is 5.51. The maximum Gasteiger partial charge on any atom is 0.271 e. The van der Waals surface area contributed by atoms with E-state index in [1.165, 1.54) is 11.3 Å². The van der Waals surface area contributed by atoms with E-state index in [2.05, 4.69) is 10.3 Å². The number of nitrogens with zero attached hydrogens (tertiary/aromatic N) is 1. The van der Waals surface area contributed by atoms with Crippen LogP contribution in [0.5, 0.6) is 0 Å². The molecule has 1 aliphatic rings. The first-order valence-corrected chi connectivity index (χ1v) is 7.95. The Kier molecular flexibility index (Phi) is 4.94. The van der Waals surface area contributed by atoms with Gasteiger partial charge in [0, 0.05) is 11.9 Å². The molecule has 2 aromatic heterocycles. The van der Waals surface area contributed by atoms with E-state index in [0.29, 0.717) is 28.9 Å². The van der Waals surface area contributed by atoms with Crippen molar-refractivity contribution in [2.24, 2.45) is 11.7 Å². The van der Waals surface area contributed by atoms with Gasteiger partial charge in [0.25, 0.3) is 5.91 Å². The molecule has 2 aromatic rings. The summed E-state index contributed by atoms with van der Waals surface area (Å²) in [5.41, 5.74) is 5.92. The fourth-order valence-corrected chi connectivity index (χ4v) is 3.16. The molecule has 1 amide bonds. The lowest BCUT2D eigenvalue weighted by molar-refractivity contribution is 0.0893. The van der Waals surface area contributed by atoms with Crippen LogP contribution in [0.4, 0.5) is 0 Å². The summed E-state index contributed by atoms with van der Waals surface area (Å²) >= 11 is 1.40. The van der Waals surface area contributed by atoms with E-state index in [9.17, 15) is 4.79 Å². The number of halogens is 1. The zero-order valence-corrected chi connectivity index (χ0v) is 14.2. The van der Waals surface area contributed by atoms with Crippen molar-refractivity contribution < 1.29 is 9.21 Å². The number of thiazole rings is 1. The number of carbonyl (C=O) groups is 1. The molecule has 3 N–H and O–H groups in total. The number of carbonyl (C=O) groups excluding carboxylic acids is 1. The number of nitrogens with two attached hydrogens (primary N) is 1. The third-order valence-electron chi connectivity index (χ3n) is 3.99. The SMILES string of the molecule is Cc1ccc(-c2nc(C(=O)NC(C)(CN)C3CC3)cs2)o1.Cl. The first kappa shape index (κ1) is 17.0. The fourth-order valence-electron chi connectivity index (χ4n) is 2.40. The van der Waals surface area contributed by atoms with E-state index >= 15 is 0 Å². The number of hydrogen-bond donors (Lipinski definition) is 2. The van der Waals surface area contributed by atoms with E-state index < -0.39 is 0 Å². The predicted molar refractivity (Wildman–Crippen MR) is 89.5 cm³/mol. The zero-order valence-electron chi connectivity index (χ0n) is 12.6. The number of aromatic nitrogens is 1. The van der Waals surface area contributed by atoms with Gasteiger partial charge in [-0.15, -0.1) is 23.7 Å². The smallest absolute Gasteiger partial charge is 0.271 e. The van der Waals surface area contributed by atoms with E-state index in [0.717, 1.165) is 18.6 Å². The van der Waals surface area contributed by atoms with E-state index in [1.807, 2.05) is 26.0 Å². The summed E-state index contributed by atoms with van der Waals surface area (Å²) in [7, 11) is 0. The van der Waals surface area contributed by atoms with Crippen LogP contribution in [0.3, 0.4) is 0 Å². The van der Waals surface area contributed by atoms with E-state index in [1.54, 1.807) is 5.38 Å². The number of nitrogens with one attached hydrogen (secondary N) is 1. The van der Waals surface area contributed by atoms with Gasteiger partial charge >= 0.3 is 0 Å². The lowest BCUT2D eigenvalue weighted by Crippen LogP contribution is -2.53. The molecule has 1 atom stereocenters. The standard InChI is InChI=1S/C15H19N3O2S.ClH/c1-9-3-6-12(20-9)14-17-11(7-21-14)13(19)18-15(2,8-16)10-4-5-10;/h3,6-7,10H,4-5,8,16H2,1-2H3,(H,18,19);1H. The van der Waals surface area contributed by atoms with Crippen molar-refractivity contribution in [3.63, 3.8) is 0 Å². The van der Waals surface area contributed by atoms with Crippen LogP contribution in [-0.2, 0) is 0 Å². The minimum Gasteiger partial charge on any atom is -0.459 e. The summed E-state index contributed by atoms with van der Waals surface area (Å²) in [6.45, 7) is 4.33. The van der Waals surface area contributed by atoms with Crippen molar-refractivity contribution in [3.05, 3.63) is 29.0 Å². The Morgan fingerprint density at radius 2 is 2.27 bits per heavy atom. The van der Waals surface area contributed by atoms with Crippen molar-refractivity contribution in [3.8, 4) is 10.8 Å². The Morgan fingerprint density at radius 3 is 2.82 bits per heavy atom. The molecule has 0 bridgehead atoms. The molecular formula is C15H20ClN3O2S. The average Bonchev–Trinajstić information content (AvgIpc) is 3.05. The molecule has 0 spiro atoms. The molecule has 1 aliphatic carbocycles. The number of aryl methyl sites for hydroxylation is 1. The number of amides is 1. The molecule has 1 fully saturated rings. The summed E-state index contributed by atoms with van der Waals surface area (Å²) in [6, 6.07) is 3.75.